The molecule has 0 unspecified atom stereocenters. The molecule has 5 nitrogen and oxygen atoms in total. The zero-order valence-corrected chi connectivity index (χ0v) is 4.43. The summed E-state index contributed by atoms with van der Waals surface area (Å²) in [7, 11) is 0. The van der Waals surface area contributed by atoms with Gasteiger partial charge in [0.2, 0.25) is 0 Å². The number of hydrogen-bond donors (Lipinski definition) is 4. The highest BCUT2D eigenvalue weighted by Gasteiger charge is 1.94. The molecular formula is C4H9N3O2. The van der Waals surface area contributed by atoms with Crippen LogP contribution in [0.4, 0.5) is 0 Å². The lowest BCUT2D eigenvalue weighted by Gasteiger charge is -1.97. The van der Waals surface area contributed by atoms with E-state index in [1.165, 1.54) is 0 Å². The molecular weight excluding hydrogens is 122 g/mol. The summed E-state index contributed by atoms with van der Waals surface area (Å²) in [5.41, 5.74) is 4.75. The minimum atomic E-state index is -3.15. The van der Waals surface area contributed by atoms with Crippen LogP contribution in [-0.4, -0.2) is 23.5 Å². The summed E-state index contributed by atoms with van der Waals surface area (Å²) in [5, 5.41) is 16.5. The molecule has 0 radical (unpaired) electrons. The maximum Gasteiger partial charge on any atom is 0.305 e. The SMILES string of the molecule is [2H]C([2H])(NC(=N)N)C([2H])([2H])C(=O)O. The van der Waals surface area contributed by atoms with Crippen molar-refractivity contribution in [2.75, 3.05) is 6.50 Å². The molecule has 9 heavy (non-hydrogen) atoms. The van der Waals surface area contributed by atoms with Gasteiger partial charge in [-0.2, -0.15) is 0 Å². The molecule has 0 aromatic heterocycles. The third-order valence-electron chi connectivity index (χ3n) is 0.367. The molecule has 0 aromatic carbocycles. The molecule has 52 valence electrons. The van der Waals surface area contributed by atoms with Crippen LogP contribution in [0.2, 0.25) is 0 Å². The molecule has 0 spiro atoms. The molecule has 0 fully saturated rings. The minimum Gasteiger partial charge on any atom is -0.481 e. The van der Waals surface area contributed by atoms with Gasteiger partial charge >= 0.3 is 5.97 Å². The Kier molecular flexibility index (Phi) is 1.26. The quantitative estimate of drug-likeness (QED) is 0.293. The monoisotopic (exact) mass is 135 g/mol. The number of carbonyl (C=O) groups is 1. The number of guanidine groups is 1. The van der Waals surface area contributed by atoms with Crippen molar-refractivity contribution in [1.82, 2.24) is 5.32 Å². The van der Waals surface area contributed by atoms with Crippen LogP contribution < -0.4 is 11.1 Å². The molecule has 0 aromatic rings. The molecule has 0 rings (SSSR count). The second-order valence-electron chi connectivity index (χ2n) is 1.09. The van der Waals surface area contributed by atoms with Crippen molar-refractivity contribution in [2.45, 2.75) is 6.37 Å². The highest BCUT2D eigenvalue weighted by atomic mass is 16.4. The van der Waals surface area contributed by atoms with Crippen molar-refractivity contribution in [3.8, 4) is 0 Å². The Labute approximate surface area is 58.0 Å². The number of hydrogen-bond acceptors (Lipinski definition) is 2. The Balaban J connectivity index is 4.80. The summed E-state index contributed by atoms with van der Waals surface area (Å²) in [6.07, 6.45) is -3.15. The first-order valence-electron chi connectivity index (χ1n) is 3.97. The Morgan fingerprint density at radius 1 is 2.00 bits per heavy atom. The number of nitrogens with two attached hydrogens (primary N) is 1. The number of rotatable bonds is 3. The van der Waals surface area contributed by atoms with Gasteiger partial charge in [-0.25, -0.2) is 0 Å². The van der Waals surface area contributed by atoms with Crippen LogP contribution in [0.3, 0.4) is 0 Å². The fourth-order valence-electron chi connectivity index (χ4n) is 0.152. The lowest BCUT2D eigenvalue weighted by molar-refractivity contribution is -0.136. The van der Waals surface area contributed by atoms with E-state index in [0.29, 0.717) is 0 Å². The van der Waals surface area contributed by atoms with Crippen molar-refractivity contribution in [3.63, 3.8) is 0 Å². The van der Waals surface area contributed by atoms with E-state index in [1.807, 2.05) is 0 Å². The van der Waals surface area contributed by atoms with Crippen LogP contribution in [0.5, 0.6) is 0 Å². The van der Waals surface area contributed by atoms with Gasteiger partial charge in [0.25, 0.3) is 0 Å². The summed E-state index contributed by atoms with van der Waals surface area (Å²) in [5.74, 6) is -2.80. The van der Waals surface area contributed by atoms with Gasteiger partial charge in [-0.15, -0.1) is 0 Å². The highest BCUT2D eigenvalue weighted by molar-refractivity contribution is 5.75. The van der Waals surface area contributed by atoms with Crippen molar-refractivity contribution in [1.29, 1.82) is 5.41 Å². The smallest absolute Gasteiger partial charge is 0.305 e. The van der Waals surface area contributed by atoms with Gasteiger partial charge in [-0.05, 0) is 0 Å². The Hall–Kier alpha value is -1.26. The summed E-state index contributed by atoms with van der Waals surface area (Å²) in [6.45, 7) is -2.93. The maximum absolute atomic E-state index is 10.3. The second kappa shape index (κ2) is 3.71. The van der Waals surface area contributed by atoms with Crippen LogP contribution in [0.25, 0.3) is 0 Å². The van der Waals surface area contributed by atoms with E-state index in [0.717, 1.165) is 0 Å². The van der Waals surface area contributed by atoms with Gasteiger partial charge in [0.05, 0.1) is 6.37 Å². The molecule has 0 aliphatic heterocycles. The number of carboxylic acid groups (broad SMARTS) is 1. The highest BCUT2D eigenvalue weighted by Crippen LogP contribution is 1.72. The van der Waals surface area contributed by atoms with Crippen LogP contribution in [0.15, 0.2) is 0 Å². The molecule has 0 atom stereocenters. The van der Waals surface area contributed by atoms with Gasteiger partial charge in [-0.1, -0.05) is 0 Å². The maximum atomic E-state index is 10.3. The van der Waals surface area contributed by atoms with E-state index in [4.69, 9.17) is 21.7 Å². The molecule has 0 saturated heterocycles. The van der Waals surface area contributed by atoms with Crippen molar-refractivity contribution in [2.24, 2.45) is 5.73 Å². The molecule has 0 amide bonds. The molecule has 5 N–H and O–H groups in total. The zero-order chi connectivity index (χ0) is 10.9. The molecule has 0 aliphatic rings. The number of nitrogens with one attached hydrogen (secondary N) is 2. The van der Waals surface area contributed by atoms with Gasteiger partial charge in [0, 0.05) is 12.0 Å². The number of aliphatic carboxylic acids is 1. The van der Waals surface area contributed by atoms with Crippen molar-refractivity contribution in [3.05, 3.63) is 0 Å². The molecule has 0 bridgehead atoms. The van der Waals surface area contributed by atoms with Gasteiger partial charge < -0.3 is 16.2 Å². The Morgan fingerprint density at radius 2 is 2.56 bits per heavy atom. The van der Waals surface area contributed by atoms with Crippen LogP contribution in [-0.2, 0) is 4.79 Å². The first-order valence-corrected chi connectivity index (χ1v) is 1.97. The largest absolute Gasteiger partial charge is 0.481 e. The van der Waals surface area contributed by atoms with Crippen LogP contribution >= 0.6 is 0 Å². The van der Waals surface area contributed by atoms with Gasteiger partial charge in [-0.3, -0.25) is 10.2 Å². The van der Waals surface area contributed by atoms with E-state index in [9.17, 15) is 4.79 Å². The second-order valence-corrected chi connectivity index (χ2v) is 1.09. The van der Waals surface area contributed by atoms with Gasteiger partial charge in [0.15, 0.2) is 5.96 Å². The van der Waals surface area contributed by atoms with Gasteiger partial charge in [0.1, 0.15) is 0 Å². The van der Waals surface area contributed by atoms with E-state index in [1.54, 1.807) is 5.32 Å². The van der Waals surface area contributed by atoms with E-state index in [-0.39, 0.29) is 0 Å². The summed E-state index contributed by atoms with van der Waals surface area (Å²) in [6, 6.07) is 0. The van der Waals surface area contributed by atoms with Crippen molar-refractivity contribution < 1.29 is 15.4 Å². The third-order valence-corrected chi connectivity index (χ3v) is 0.367. The third kappa shape index (κ3) is 6.74. The number of carboxylic acids is 1. The average Bonchev–Trinajstić information content (AvgIpc) is 1.83. The zero-order valence-electron chi connectivity index (χ0n) is 8.43. The normalized spacial score (nSPS) is 18.2. The fourth-order valence-corrected chi connectivity index (χ4v) is 0.152. The minimum absolute atomic E-state index is 0.838. The molecule has 0 saturated carbocycles. The first kappa shape index (κ1) is 3.05. The predicted molar refractivity (Wildman–Crippen MR) is 32.2 cm³/mol. The molecule has 5 heteroatoms. The van der Waals surface area contributed by atoms with Crippen LogP contribution in [0, 0.1) is 5.41 Å². The first-order chi connectivity index (χ1) is 5.61. The van der Waals surface area contributed by atoms with E-state index in [2.05, 4.69) is 0 Å². The predicted octanol–water partition coefficient (Wildman–Crippen LogP) is -1.06. The molecule has 0 heterocycles. The topological polar surface area (TPSA) is 99.2 Å². The lowest BCUT2D eigenvalue weighted by Crippen LogP contribution is -2.31. The standard InChI is InChI=1S/C4H9N3O2/c5-4(6)7-2-1-3(8)9/h1-2H2,(H,8,9)(H4,5,6,7)/i1D2,2D2. The summed E-state index contributed by atoms with van der Waals surface area (Å²) >= 11 is 0. The summed E-state index contributed by atoms with van der Waals surface area (Å²) < 4.78 is 27.6. The van der Waals surface area contributed by atoms with Crippen LogP contribution in [0.1, 0.15) is 11.9 Å². The Morgan fingerprint density at radius 3 is 2.89 bits per heavy atom. The van der Waals surface area contributed by atoms with E-state index < -0.39 is 24.8 Å². The molecule has 0 aliphatic carbocycles. The average molecular weight is 135 g/mol. The fraction of sp³-hybridized carbons (Fsp3) is 0.500. The lowest BCUT2D eigenvalue weighted by atomic mass is 10.4. The van der Waals surface area contributed by atoms with Crippen molar-refractivity contribution >= 4 is 11.9 Å². The Bertz CT molecular complexity index is 242. The summed E-state index contributed by atoms with van der Waals surface area (Å²) in [4.78, 5) is 10.3. The van der Waals surface area contributed by atoms with E-state index >= 15 is 0 Å².